The third kappa shape index (κ3) is 4.08. The molecule has 0 aliphatic carbocycles. The molecule has 3 nitrogen and oxygen atoms in total. The van der Waals surface area contributed by atoms with Crippen LogP contribution >= 0.6 is 11.6 Å². The highest BCUT2D eigenvalue weighted by atomic mass is 35.5. The van der Waals surface area contributed by atoms with Crippen LogP contribution in [0.25, 0.3) is 0 Å². The maximum absolute atomic E-state index is 10.8. The number of nitrogens with zero attached hydrogens (tertiary/aromatic N) is 1. The summed E-state index contributed by atoms with van der Waals surface area (Å²) in [5.74, 6) is 0.498. The molecule has 1 rings (SSSR count). The number of ether oxygens (including phenoxy) is 1. The second-order valence-electron chi connectivity index (χ2n) is 4.39. The predicted octanol–water partition coefficient (Wildman–Crippen LogP) is 3.47. The molecular weight excluding hydrogens is 238 g/mol. The Labute approximate surface area is 106 Å². The van der Waals surface area contributed by atoms with E-state index < -0.39 is 5.41 Å². The number of rotatable bonds is 5. The Balaban J connectivity index is 2.64. The molecule has 0 atom stereocenters. The predicted molar refractivity (Wildman–Crippen MR) is 66.3 cm³/mol. The Morgan fingerprint density at radius 1 is 1.53 bits per heavy atom. The van der Waals surface area contributed by atoms with Crippen LogP contribution in [0.3, 0.4) is 0 Å². The highest BCUT2D eigenvalue weighted by Gasteiger charge is 2.16. The minimum atomic E-state index is -0.423. The maximum Gasteiger partial charge on any atom is 0.153 e. The van der Waals surface area contributed by atoms with E-state index in [0.29, 0.717) is 35.6 Å². The van der Waals surface area contributed by atoms with Gasteiger partial charge in [0.2, 0.25) is 0 Å². The van der Waals surface area contributed by atoms with Gasteiger partial charge in [0, 0.05) is 5.02 Å². The summed E-state index contributed by atoms with van der Waals surface area (Å²) in [5.41, 5.74) is 0.000543. The van der Waals surface area contributed by atoms with Crippen molar-refractivity contribution >= 4 is 17.9 Å². The van der Waals surface area contributed by atoms with E-state index in [1.165, 1.54) is 0 Å². The summed E-state index contributed by atoms with van der Waals surface area (Å²) in [5, 5.41) is 9.35. The van der Waals surface area contributed by atoms with Gasteiger partial charge >= 0.3 is 0 Å². The van der Waals surface area contributed by atoms with E-state index in [4.69, 9.17) is 21.6 Å². The van der Waals surface area contributed by atoms with E-state index in [1.807, 2.05) is 13.8 Å². The van der Waals surface area contributed by atoms with Gasteiger partial charge in [0.1, 0.15) is 5.75 Å². The molecule has 0 unspecified atom stereocenters. The highest BCUT2D eigenvalue weighted by Crippen LogP contribution is 2.23. The van der Waals surface area contributed by atoms with E-state index in [2.05, 4.69) is 6.07 Å². The van der Waals surface area contributed by atoms with E-state index in [0.717, 1.165) is 0 Å². The summed E-state index contributed by atoms with van der Waals surface area (Å²) >= 11 is 5.77. The van der Waals surface area contributed by atoms with Crippen molar-refractivity contribution in [1.29, 1.82) is 5.26 Å². The molecule has 0 bridgehead atoms. The first-order valence-corrected chi connectivity index (χ1v) is 5.65. The van der Waals surface area contributed by atoms with Crippen LogP contribution in [0.4, 0.5) is 0 Å². The number of aldehydes is 1. The Kier molecular flexibility index (Phi) is 4.53. The summed E-state index contributed by atoms with van der Waals surface area (Å²) in [6, 6.07) is 7.07. The summed E-state index contributed by atoms with van der Waals surface area (Å²) in [7, 11) is 0. The second-order valence-corrected chi connectivity index (χ2v) is 4.83. The minimum Gasteiger partial charge on any atom is -0.493 e. The van der Waals surface area contributed by atoms with Crippen molar-refractivity contribution in [3.8, 4) is 11.8 Å². The molecule has 0 fully saturated rings. The number of hydrogen-bond donors (Lipinski definition) is 0. The molecule has 90 valence electrons. The molecule has 0 heterocycles. The first-order valence-electron chi connectivity index (χ1n) is 5.27. The average Bonchev–Trinajstić information content (AvgIpc) is 2.30. The standard InChI is InChI=1S/C13H14ClNO2/c1-13(2,9-15)5-6-17-12-4-3-11(14)7-10(12)8-16/h3-4,7-8H,5-6H2,1-2H3. The van der Waals surface area contributed by atoms with Crippen molar-refractivity contribution in [2.24, 2.45) is 5.41 Å². The molecule has 0 radical (unpaired) electrons. The molecule has 0 saturated carbocycles. The number of hydrogen-bond acceptors (Lipinski definition) is 3. The SMILES string of the molecule is CC(C)(C#N)CCOc1ccc(Cl)cc1C=O. The van der Waals surface area contributed by atoms with Crippen LogP contribution in [0.2, 0.25) is 5.02 Å². The van der Waals surface area contributed by atoms with Crippen LogP contribution in [0.1, 0.15) is 30.6 Å². The van der Waals surface area contributed by atoms with E-state index in [-0.39, 0.29) is 0 Å². The molecule has 4 heteroatoms. The molecule has 1 aromatic rings. The first kappa shape index (κ1) is 13.5. The fourth-order valence-corrected chi connectivity index (χ4v) is 1.40. The number of carbonyl (C=O) groups excluding carboxylic acids is 1. The Bertz CT molecular complexity index is 449. The zero-order valence-electron chi connectivity index (χ0n) is 9.87. The summed E-state index contributed by atoms with van der Waals surface area (Å²) in [6.45, 7) is 4.08. The minimum absolute atomic E-state index is 0.392. The van der Waals surface area contributed by atoms with Crippen molar-refractivity contribution < 1.29 is 9.53 Å². The fourth-order valence-electron chi connectivity index (χ4n) is 1.21. The largest absolute Gasteiger partial charge is 0.493 e. The van der Waals surface area contributed by atoms with Crippen LogP contribution in [0.15, 0.2) is 18.2 Å². The molecule has 0 aliphatic heterocycles. The van der Waals surface area contributed by atoms with Gasteiger partial charge in [-0.25, -0.2) is 0 Å². The number of benzene rings is 1. The van der Waals surface area contributed by atoms with Crippen molar-refractivity contribution in [2.75, 3.05) is 6.61 Å². The van der Waals surface area contributed by atoms with Crippen LogP contribution in [0.5, 0.6) is 5.75 Å². The Morgan fingerprint density at radius 2 is 2.24 bits per heavy atom. The Hall–Kier alpha value is -1.53. The lowest BCUT2D eigenvalue weighted by molar-refractivity contribution is 0.111. The third-order valence-electron chi connectivity index (χ3n) is 2.39. The smallest absolute Gasteiger partial charge is 0.153 e. The summed E-state index contributed by atoms with van der Waals surface area (Å²) < 4.78 is 5.48. The van der Waals surface area contributed by atoms with Crippen molar-refractivity contribution in [3.05, 3.63) is 28.8 Å². The molecule has 0 saturated heterocycles. The van der Waals surface area contributed by atoms with Crippen LogP contribution in [0, 0.1) is 16.7 Å². The molecular formula is C13H14ClNO2. The first-order chi connectivity index (χ1) is 7.98. The van der Waals surface area contributed by atoms with Crippen LogP contribution < -0.4 is 4.74 Å². The van der Waals surface area contributed by atoms with Gasteiger partial charge in [-0.3, -0.25) is 4.79 Å². The monoisotopic (exact) mass is 251 g/mol. The lowest BCUT2D eigenvalue weighted by Gasteiger charge is -2.15. The molecule has 1 aromatic carbocycles. The van der Waals surface area contributed by atoms with Gasteiger partial charge in [-0.05, 0) is 38.5 Å². The molecule has 0 spiro atoms. The van der Waals surface area contributed by atoms with Gasteiger partial charge in [-0.1, -0.05) is 11.6 Å². The topological polar surface area (TPSA) is 50.1 Å². The summed E-state index contributed by atoms with van der Waals surface area (Å²) in [6.07, 6.45) is 1.31. The van der Waals surface area contributed by atoms with Gasteiger partial charge in [0.15, 0.2) is 6.29 Å². The molecule has 0 N–H and O–H groups in total. The van der Waals surface area contributed by atoms with Crippen molar-refractivity contribution in [1.82, 2.24) is 0 Å². The third-order valence-corrected chi connectivity index (χ3v) is 2.62. The zero-order valence-corrected chi connectivity index (χ0v) is 10.6. The van der Waals surface area contributed by atoms with Crippen molar-refractivity contribution in [3.63, 3.8) is 0 Å². The van der Waals surface area contributed by atoms with Gasteiger partial charge in [0.25, 0.3) is 0 Å². The van der Waals surface area contributed by atoms with Crippen molar-refractivity contribution in [2.45, 2.75) is 20.3 Å². The van der Waals surface area contributed by atoms with Crippen LogP contribution in [-0.4, -0.2) is 12.9 Å². The van der Waals surface area contributed by atoms with Gasteiger partial charge in [-0.2, -0.15) is 5.26 Å². The van der Waals surface area contributed by atoms with Gasteiger partial charge in [-0.15, -0.1) is 0 Å². The average molecular weight is 252 g/mol. The maximum atomic E-state index is 10.8. The zero-order chi connectivity index (χ0) is 12.9. The lowest BCUT2D eigenvalue weighted by Crippen LogP contribution is -2.13. The highest BCUT2D eigenvalue weighted by molar-refractivity contribution is 6.30. The Morgan fingerprint density at radius 3 is 2.82 bits per heavy atom. The van der Waals surface area contributed by atoms with Crippen LogP contribution in [-0.2, 0) is 0 Å². The molecule has 0 aliphatic rings. The van der Waals surface area contributed by atoms with E-state index >= 15 is 0 Å². The quantitative estimate of drug-likeness (QED) is 0.753. The molecule has 0 aromatic heterocycles. The molecule has 17 heavy (non-hydrogen) atoms. The van der Waals surface area contributed by atoms with E-state index in [9.17, 15) is 4.79 Å². The fraction of sp³-hybridized carbons (Fsp3) is 0.385. The lowest BCUT2D eigenvalue weighted by atomic mass is 9.92. The van der Waals surface area contributed by atoms with E-state index in [1.54, 1.807) is 18.2 Å². The van der Waals surface area contributed by atoms with Gasteiger partial charge in [0.05, 0.1) is 23.7 Å². The number of halogens is 1. The molecule has 0 amide bonds. The normalized spacial score (nSPS) is 10.7. The number of carbonyl (C=O) groups is 1. The second kappa shape index (κ2) is 5.70. The number of nitriles is 1. The van der Waals surface area contributed by atoms with Gasteiger partial charge < -0.3 is 4.74 Å². The summed E-state index contributed by atoms with van der Waals surface area (Å²) in [4.78, 5) is 10.8.